The molecule has 0 bridgehead atoms. The van der Waals surface area contributed by atoms with Gasteiger partial charge < -0.3 is 0 Å². The van der Waals surface area contributed by atoms with Crippen molar-refractivity contribution in [1.82, 2.24) is 14.8 Å². The molecule has 0 aliphatic heterocycles. The number of nitrogens with zero attached hydrogens (tertiary/aromatic N) is 3. The zero-order valence-electron chi connectivity index (χ0n) is 8.94. The molecule has 0 fully saturated rings. The van der Waals surface area contributed by atoms with E-state index < -0.39 is 5.82 Å². The lowest BCUT2D eigenvalue weighted by molar-refractivity contribution is 0.111. The smallest absolute Gasteiger partial charge is 0.170 e. The summed E-state index contributed by atoms with van der Waals surface area (Å²) in [6, 6.07) is 1.34. The summed E-state index contributed by atoms with van der Waals surface area (Å²) < 4.78 is 14.6. The third kappa shape index (κ3) is 1.60. The van der Waals surface area contributed by atoms with Crippen LogP contribution in [0.1, 0.15) is 16.2 Å². The van der Waals surface area contributed by atoms with Gasteiger partial charge in [0.15, 0.2) is 6.29 Å². The fourth-order valence-corrected chi connectivity index (χ4v) is 1.62. The molecule has 16 heavy (non-hydrogen) atoms. The highest BCUT2D eigenvalue weighted by atomic mass is 19.1. The van der Waals surface area contributed by atoms with Crippen LogP contribution in [-0.4, -0.2) is 21.1 Å². The molecule has 2 aromatic heterocycles. The van der Waals surface area contributed by atoms with Crippen LogP contribution in [0, 0.1) is 12.7 Å². The van der Waals surface area contributed by atoms with E-state index in [4.69, 9.17) is 0 Å². The third-order valence-corrected chi connectivity index (χ3v) is 2.47. The Hall–Kier alpha value is -2.04. The van der Waals surface area contributed by atoms with Crippen molar-refractivity contribution < 1.29 is 9.18 Å². The van der Waals surface area contributed by atoms with Crippen LogP contribution in [0.3, 0.4) is 0 Å². The van der Waals surface area contributed by atoms with Crippen LogP contribution in [-0.2, 0) is 7.05 Å². The van der Waals surface area contributed by atoms with Crippen LogP contribution in [0.15, 0.2) is 18.5 Å². The normalized spacial score (nSPS) is 10.4. The first kappa shape index (κ1) is 10.5. The lowest BCUT2D eigenvalue weighted by Crippen LogP contribution is -1.93. The van der Waals surface area contributed by atoms with Gasteiger partial charge in [-0.05, 0) is 13.0 Å². The molecule has 0 N–H and O–H groups in total. The number of pyridine rings is 1. The van der Waals surface area contributed by atoms with Gasteiger partial charge in [-0.1, -0.05) is 0 Å². The van der Waals surface area contributed by atoms with Gasteiger partial charge in [0, 0.05) is 30.1 Å². The summed E-state index contributed by atoms with van der Waals surface area (Å²) in [5.74, 6) is -0.433. The fraction of sp³-hybridized carbons (Fsp3) is 0.182. The van der Waals surface area contributed by atoms with Gasteiger partial charge in [0.25, 0.3) is 0 Å². The van der Waals surface area contributed by atoms with Crippen molar-refractivity contribution in [3.8, 4) is 11.1 Å². The largest absolute Gasteiger partial charge is 0.296 e. The molecule has 0 unspecified atom stereocenters. The Bertz CT molecular complexity index is 548. The molecule has 0 aliphatic rings. The molecule has 0 radical (unpaired) electrons. The van der Waals surface area contributed by atoms with Gasteiger partial charge in [-0.2, -0.15) is 5.10 Å². The van der Waals surface area contributed by atoms with Crippen LogP contribution >= 0.6 is 0 Å². The molecule has 82 valence electrons. The number of hydrogen-bond donors (Lipinski definition) is 0. The van der Waals surface area contributed by atoms with E-state index in [1.165, 1.54) is 12.3 Å². The van der Waals surface area contributed by atoms with Gasteiger partial charge in [-0.15, -0.1) is 0 Å². The number of aromatic nitrogens is 3. The molecule has 2 aromatic rings. The van der Waals surface area contributed by atoms with Crippen LogP contribution in [0.4, 0.5) is 4.39 Å². The van der Waals surface area contributed by atoms with Crippen LogP contribution in [0.25, 0.3) is 11.1 Å². The lowest BCUT2D eigenvalue weighted by Gasteiger charge is -2.01. The molecule has 0 spiro atoms. The molecular weight excluding hydrogens is 209 g/mol. The quantitative estimate of drug-likeness (QED) is 0.723. The van der Waals surface area contributed by atoms with Crippen LogP contribution < -0.4 is 0 Å². The highest BCUT2D eigenvalue weighted by Gasteiger charge is 2.14. The van der Waals surface area contributed by atoms with E-state index >= 15 is 0 Å². The number of rotatable bonds is 2. The van der Waals surface area contributed by atoms with E-state index in [0.29, 0.717) is 23.1 Å². The molecule has 5 heteroatoms. The van der Waals surface area contributed by atoms with Crippen molar-refractivity contribution in [2.75, 3.05) is 0 Å². The zero-order valence-corrected chi connectivity index (χ0v) is 8.94. The SMILES string of the molecule is Cc1c(-c2cncc(F)c2)c(C=O)nn1C. The molecule has 0 saturated heterocycles. The Morgan fingerprint density at radius 1 is 1.44 bits per heavy atom. The van der Waals surface area contributed by atoms with Crippen LogP contribution in [0.2, 0.25) is 0 Å². The van der Waals surface area contributed by atoms with E-state index in [9.17, 15) is 9.18 Å². The predicted molar refractivity (Wildman–Crippen MR) is 56.5 cm³/mol. The Morgan fingerprint density at radius 3 is 2.81 bits per heavy atom. The minimum Gasteiger partial charge on any atom is -0.296 e. The van der Waals surface area contributed by atoms with Crippen molar-refractivity contribution in [3.05, 3.63) is 35.7 Å². The molecule has 0 saturated carbocycles. The molecule has 2 rings (SSSR count). The number of aryl methyl sites for hydroxylation is 1. The van der Waals surface area contributed by atoms with E-state index in [2.05, 4.69) is 10.1 Å². The summed E-state index contributed by atoms with van der Waals surface area (Å²) in [5, 5.41) is 4.03. The summed E-state index contributed by atoms with van der Waals surface area (Å²) in [7, 11) is 1.73. The maximum Gasteiger partial charge on any atom is 0.170 e. The number of aldehydes is 1. The van der Waals surface area contributed by atoms with Crippen molar-refractivity contribution in [1.29, 1.82) is 0 Å². The first-order chi connectivity index (χ1) is 7.63. The molecule has 0 amide bonds. The second kappa shape index (κ2) is 3.84. The summed E-state index contributed by atoms with van der Waals surface area (Å²) in [5.41, 5.74) is 2.29. The molecule has 2 heterocycles. The van der Waals surface area contributed by atoms with E-state index in [1.54, 1.807) is 11.7 Å². The Labute approximate surface area is 91.7 Å². The minimum absolute atomic E-state index is 0.299. The first-order valence-electron chi connectivity index (χ1n) is 4.73. The molecule has 0 aliphatic carbocycles. The lowest BCUT2D eigenvalue weighted by atomic mass is 10.1. The average Bonchev–Trinajstić information content (AvgIpc) is 2.55. The van der Waals surface area contributed by atoms with E-state index in [-0.39, 0.29) is 0 Å². The molecule has 4 nitrogen and oxygen atoms in total. The number of hydrogen-bond acceptors (Lipinski definition) is 3. The summed E-state index contributed by atoms with van der Waals surface area (Å²) >= 11 is 0. The molecule has 0 aromatic carbocycles. The minimum atomic E-state index is -0.433. The third-order valence-electron chi connectivity index (χ3n) is 2.47. The summed E-state index contributed by atoms with van der Waals surface area (Å²) in [4.78, 5) is 14.6. The topological polar surface area (TPSA) is 47.8 Å². The van der Waals surface area contributed by atoms with Crippen molar-refractivity contribution in [2.24, 2.45) is 7.05 Å². The van der Waals surface area contributed by atoms with Crippen molar-refractivity contribution in [2.45, 2.75) is 6.92 Å². The van der Waals surface area contributed by atoms with E-state index in [0.717, 1.165) is 11.9 Å². The second-order valence-electron chi connectivity index (χ2n) is 3.48. The maximum atomic E-state index is 13.0. The Morgan fingerprint density at radius 2 is 2.19 bits per heavy atom. The highest BCUT2D eigenvalue weighted by Crippen LogP contribution is 2.25. The molecular formula is C11H10FN3O. The van der Waals surface area contributed by atoms with Crippen molar-refractivity contribution in [3.63, 3.8) is 0 Å². The first-order valence-corrected chi connectivity index (χ1v) is 4.73. The zero-order chi connectivity index (χ0) is 11.7. The Kier molecular flexibility index (Phi) is 2.52. The van der Waals surface area contributed by atoms with E-state index in [1.807, 2.05) is 6.92 Å². The molecule has 0 atom stereocenters. The average molecular weight is 219 g/mol. The number of carbonyl (C=O) groups excluding carboxylic acids is 1. The maximum absolute atomic E-state index is 13.0. The fourth-order valence-electron chi connectivity index (χ4n) is 1.62. The van der Waals surface area contributed by atoms with Gasteiger partial charge >= 0.3 is 0 Å². The number of carbonyl (C=O) groups is 1. The van der Waals surface area contributed by atoms with Gasteiger partial charge in [-0.3, -0.25) is 14.5 Å². The van der Waals surface area contributed by atoms with Gasteiger partial charge in [-0.25, -0.2) is 4.39 Å². The van der Waals surface area contributed by atoms with Gasteiger partial charge in [0.1, 0.15) is 11.5 Å². The van der Waals surface area contributed by atoms with Gasteiger partial charge in [0.2, 0.25) is 0 Å². The highest BCUT2D eigenvalue weighted by molar-refractivity contribution is 5.86. The monoisotopic (exact) mass is 219 g/mol. The van der Waals surface area contributed by atoms with Gasteiger partial charge in [0.05, 0.1) is 6.20 Å². The van der Waals surface area contributed by atoms with Crippen molar-refractivity contribution >= 4 is 6.29 Å². The Balaban J connectivity index is 2.67. The summed E-state index contributed by atoms with van der Waals surface area (Å²) in [6.45, 7) is 1.82. The number of halogens is 1. The van der Waals surface area contributed by atoms with Crippen LogP contribution in [0.5, 0.6) is 0 Å². The predicted octanol–water partition coefficient (Wildman–Crippen LogP) is 1.74. The standard InChI is InChI=1S/C11H10FN3O/c1-7-11(10(6-16)14-15(7)2)8-3-9(12)5-13-4-8/h3-6H,1-2H3. The summed E-state index contributed by atoms with van der Waals surface area (Å²) in [6.07, 6.45) is 3.29. The second-order valence-corrected chi connectivity index (χ2v) is 3.48.